The lowest BCUT2D eigenvalue weighted by Crippen LogP contribution is -2.14. The molecule has 0 saturated carbocycles. The highest BCUT2D eigenvalue weighted by atomic mass is 127. The quantitative estimate of drug-likeness (QED) is 0.675. The molecule has 2 rings (SSSR count). The monoisotopic (exact) mass is 450 g/mol. The van der Waals surface area contributed by atoms with Crippen molar-refractivity contribution in [2.75, 3.05) is 5.32 Å². The number of aryl methyl sites for hydroxylation is 1. The third-order valence-corrected chi connectivity index (χ3v) is 4.45. The van der Waals surface area contributed by atoms with Crippen LogP contribution in [0.1, 0.15) is 16.1 Å². The molecule has 98 valence electrons. The van der Waals surface area contributed by atoms with Gasteiger partial charge in [-0.2, -0.15) is 0 Å². The highest BCUT2D eigenvalue weighted by Gasteiger charge is 2.11. The molecule has 0 aliphatic heterocycles. The van der Waals surface area contributed by atoms with Crippen LogP contribution in [0.2, 0.25) is 5.02 Å². The third-order valence-electron chi connectivity index (χ3n) is 2.44. The summed E-state index contributed by atoms with van der Waals surface area (Å²) in [5.41, 5.74) is 1.36. The zero-order valence-corrected chi connectivity index (χ0v) is 14.4. The number of hydrogen-bond donors (Lipinski definition) is 1. The minimum atomic E-state index is -0.221. The van der Waals surface area contributed by atoms with Crippen LogP contribution in [0, 0.1) is 10.5 Å². The largest absolute Gasteiger partial charge is 0.307 e. The van der Waals surface area contributed by atoms with E-state index in [4.69, 9.17) is 11.6 Å². The van der Waals surface area contributed by atoms with Gasteiger partial charge in [0.2, 0.25) is 0 Å². The summed E-state index contributed by atoms with van der Waals surface area (Å²) in [6.07, 6.45) is 0. The lowest BCUT2D eigenvalue weighted by molar-refractivity contribution is 0.102. The normalized spacial score (nSPS) is 10.3. The Morgan fingerprint density at radius 3 is 2.79 bits per heavy atom. The molecule has 1 N–H and O–H groups in total. The Bertz CT molecular complexity index is 649. The molecule has 1 aromatic heterocycles. The number of benzene rings is 1. The Morgan fingerprint density at radius 1 is 1.37 bits per heavy atom. The molecule has 2 aromatic rings. The number of amides is 1. The molecule has 1 amide bonds. The van der Waals surface area contributed by atoms with Crippen molar-refractivity contribution in [3.05, 3.63) is 54.7 Å². The lowest BCUT2D eigenvalue weighted by atomic mass is 10.2. The highest BCUT2D eigenvalue weighted by molar-refractivity contribution is 14.1. The van der Waals surface area contributed by atoms with Crippen molar-refractivity contribution >= 4 is 61.8 Å². The average molecular weight is 451 g/mol. The van der Waals surface area contributed by atoms with Crippen LogP contribution < -0.4 is 5.32 Å². The maximum Gasteiger partial charge on any atom is 0.257 e. The van der Waals surface area contributed by atoms with Gasteiger partial charge in [0.15, 0.2) is 0 Å². The van der Waals surface area contributed by atoms with Crippen molar-refractivity contribution in [2.24, 2.45) is 0 Å². The fourth-order valence-corrected chi connectivity index (χ4v) is 2.44. The van der Waals surface area contributed by atoms with Crippen molar-refractivity contribution < 1.29 is 4.79 Å². The van der Waals surface area contributed by atoms with Crippen LogP contribution in [0.4, 0.5) is 5.82 Å². The predicted molar refractivity (Wildman–Crippen MR) is 88.8 cm³/mol. The number of nitrogens with zero attached hydrogens (tertiary/aromatic N) is 1. The number of pyridine rings is 1. The van der Waals surface area contributed by atoms with Crippen LogP contribution in [0.3, 0.4) is 0 Å². The number of carbonyl (C=O) groups is 1. The maximum absolute atomic E-state index is 12.2. The summed E-state index contributed by atoms with van der Waals surface area (Å²) in [5, 5.41) is 3.29. The first-order valence-corrected chi connectivity index (χ1v) is 7.62. The van der Waals surface area contributed by atoms with E-state index in [-0.39, 0.29) is 5.91 Å². The van der Waals surface area contributed by atoms with Crippen LogP contribution in [0.5, 0.6) is 0 Å². The molecule has 0 spiro atoms. The Balaban J connectivity index is 2.25. The number of nitrogens with one attached hydrogen (secondary N) is 1. The van der Waals surface area contributed by atoms with Gasteiger partial charge < -0.3 is 5.32 Å². The van der Waals surface area contributed by atoms with Gasteiger partial charge in [0.1, 0.15) is 5.82 Å². The second-order valence-corrected chi connectivity index (χ2v) is 6.29. The maximum atomic E-state index is 12.2. The second kappa shape index (κ2) is 6.19. The molecule has 0 aliphatic rings. The van der Waals surface area contributed by atoms with Crippen LogP contribution >= 0.6 is 50.1 Å². The molecule has 1 aromatic carbocycles. The Hall–Kier alpha value is -0.660. The number of anilines is 1. The summed E-state index contributed by atoms with van der Waals surface area (Å²) in [6.45, 7) is 1.86. The van der Waals surface area contributed by atoms with Gasteiger partial charge in [-0.1, -0.05) is 11.6 Å². The van der Waals surface area contributed by atoms with Crippen LogP contribution in [0.15, 0.2) is 34.8 Å². The van der Waals surface area contributed by atoms with E-state index in [2.05, 4.69) is 48.8 Å². The molecule has 0 fully saturated rings. The van der Waals surface area contributed by atoms with E-state index in [0.717, 1.165) is 13.7 Å². The average Bonchev–Trinajstić information content (AvgIpc) is 2.36. The molecule has 0 radical (unpaired) electrons. The zero-order chi connectivity index (χ0) is 14.0. The standard InChI is InChI=1S/C13H9BrClIN2O/c1-7-10(14)3-5-12(17-7)18-13(19)9-6-8(15)2-4-11(9)16/h2-6H,1H3,(H,17,18,19). The number of carbonyl (C=O) groups excluding carboxylic acids is 1. The fourth-order valence-electron chi connectivity index (χ4n) is 1.47. The number of hydrogen-bond acceptors (Lipinski definition) is 2. The number of rotatable bonds is 2. The van der Waals surface area contributed by atoms with Crippen molar-refractivity contribution in [1.29, 1.82) is 0 Å². The zero-order valence-electron chi connectivity index (χ0n) is 9.88. The van der Waals surface area contributed by atoms with Gasteiger partial charge >= 0.3 is 0 Å². The van der Waals surface area contributed by atoms with E-state index in [1.54, 1.807) is 24.3 Å². The van der Waals surface area contributed by atoms with E-state index >= 15 is 0 Å². The van der Waals surface area contributed by atoms with Gasteiger partial charge in [-0.3, -0.25) is 4.79 Å². The van der Waals surface area contributed by atoms with E-state index < -0.39 is 0 Å². The molecule has 0 bridgehead atoms. The van der Waals surface area contributed by atoms with Crippen molar-refractivity contribution in [3.8, 4) is 0 Å². The minimum Gasteiger partial charge on any atom is -0.307 e. The molecule has 19 heavy (non-hydrogen) atoms. The van der Waals surface area contributed by atoms with E-state index in [0.29, 0.717) is 16.4 Å². The van der Waals surface area contributed by atoms with Crippen molar-refractivity contribution in [1.82, 2.24) is 4.98 Å². The molecule has 3 nitrogen and oxygen atoms in total. The molecule has 1 heterocycles. The van der Waals surface area contributed by atoms with Gasteiger partial charge in [0, 0.05) is 13.1 Å². The van der Waals surface area contributed by atoms with Crippen LogP contribution in [0.25, 0.3) is 0 Å². The molecule has 0 saturated heterocycles. The Morgan fingerprint density at radius 2 is 2.11 bits per heavy atom. The molecular formula is C13H9BrClIN2O. The topological polar surface area (TPSA) is 42.0 Å². The van der Waals surface area contributed by atoms with E-state index in [1.807, 2.05) is 13.0 Å². The molecule has 6 heteroatoms. The highest BCUT2D eigenvalue weighted by Crippen LogP contribution is 2.20. The summed E-state index contributed by atoms with van der Waals surface area (Å²) < 4.78 is 1.75. The Labute approximate surface area is 138 Å². The summed E-state index contributed by atoms with van der Waals surface area (Å²) >= 11 is 11.4. The van der Waals surface area contributed by atoms with E-state index in [9.17, 15) is 4.79 Å². The smallest absolute Gasteiger partial charge is 0.257 e. The van der Waals surface area contributed by atoms with Gasteiger partial charge in [0.25, 0.3) is 5.91 Å². The second-order valence-electron chi connectivity index (χ2n) is 3.84. The minimum absolute atomic E-state index is 0.221. The SMILES string of the molecule is Cc1nc(NC(=O)c2cc(Cl)ccc2I)ccc1Br. The number of aromatic nitrogens is 1. The Kier molecular flexibility index (Phi) is 4.81. The van der Waals surface area contributed by atoms with E-state index in [1.165, 1.54) is 0 Å². The first kappa shape index (κ1) is 14.7. The molecule has 0 aliphatic carbocycles. The first-order chi connectivity index (χ1) is 8.97. The van der Waals surface area contributed by atoms with Crippen LogP contribution in [-0.2, 0) is 0 Å². The van der Waals surface area contributed by atoms with Gasteiger partial charge in [-0.25, -0.2) is 4.98 Å². The van der Waals surface area contributed by atoms with Gasteiger partial charge in [0.05, 0.1) is 11.3 Å². The molecular weight excluding hydrogens is 442 g/mol. The van der Waals surface area contributed by atoms with Crippen molar-refractivity contribution in [2.45, 2.75) is 6.92 Å². The molecule has 0 unspecified atom stereocenters. The van der Waals surface area contributed by atoms with Crippen LogP contribution in [-0.4, -0.2) is 10.9 Å². The first-order valence-electron chi connectivity index (χ1n) is 5.37. The lowest BCUT2D eigenvalue weighted by Gasteiger charge is -2.08. The molecule has 0 atom stereocenters. The number of halogens is 3. The van der Waals surface area contributed by atoms with Gasteiger partial charge in [-0.05, 0) is 75.8 Å². The third kappa shape index (κ3) is 3.67. The summed E-state index contributed by atoms with van der Waals surface area (Å²) in [5.74, 6) is 0.294. The summed E-state index contributed by atoms with van der Waals surface area (Å²) in [7, 11) is 0. The summed E-state index contributed by atoms with van der Waals surface area (Å²) in [6, 6.07) is 8.79. The summed E-state index contributed by atoms with van der Waals surface area (Å²) in [4.78, 5) is 16.4. The van der Waals surface area contributed by atoms with Crippen molar-refractivity contribution in [3.63, 3.8) is 0 Å². The van der Waals surface area contributed by atoms with Gasteiger partial charge in [-0.15, -0.1) is 0 Å². The predicted octanol–water partition coefficient (Wildman–Crippen LogP) is 4.66. The fraction of sp³-hybridized carbons (Fsp3) is 0.0769.